The maximum atomic E-state index is 12.8. The smallest absolute Gasteiger partial charge is 0.416 e. The van der Waals surface area contributed by atoms with Crippen LogP contribution in [0, 0.1) is 5.92 Å². The molecule has 0 aromatic heterocycles. The summed E-state index contributed by atoms with van der Waals surface area (Å²) in [5, 5.41) is 11.3. The van der Waals surface area contributed by atoms with E-state index in [4.69, 9.17) is 9.84 Å². The molecule has 1 unspecified atom stereocenters. The number of benzene rings is 2. The normalized spacial score (nSPS) is 12.3. The van der Waals surface area contributed by atoms with Crippen LogP contribution < -0.4 is 10.1 Å². The summed E-state index contributed by atoms with van der Waals surface area (Å²) in [4.78, 5) is 22.8. The molecule has 27 heavy (non-hydrogen) atoms. The van der Waals surface area contributed by atoms with Crippen LogP contribution in [0.1, 0.15) is 18.1 Å². The summed E-state index contributed by atoms with van der Waals surface area (Å²) < 4.78 is 43.4. The fourth-order valence-corrected chi connectivity index (χ4v) is 2.40. The monoisotopic (exact) mass is 381 g/mol. The van der Waals surface area contributed by atoms with E-state index in [2.05, 4.69) is 5.32 Å². The number of carboxylic acid groups (broad SMARTS) is 1. The summed E-state index contributed by atoms with van der Waals surface area (Å²) in [5.74, 6) is -1.79. The summed E-state index contributed by atoms with van der Waals surface area (Å²) >= 11 is 0. The molecule has 0 bridgehead atoms. The second-order valence-corrected chi connectivity index (χ2v) is 6.00. The van der Waals surface area contributed by atoms with E-state index >= 15 is 0 Å². The first-order chi connectivity index (χ1) is 12.6. The van der Waals surface area contributed by atoms with Gasteiger partial charge in [-0.2, -0.15) is 13.2 Å². The summed E-state index contributed by atoms with van der Waals surface area (Å²) in [5.41, 5.74) is 0.0562. The molecule has 0 heterocycles. The molecule has 2 aromatic rings. The zero-order chi connectivity index (χ0) is 20.0. The third kappa shape index (κ3) is 6.32. The van der Waals surface area contributed by atoms with Crippen LogP contribution in [-0.2, 0) is 22.2 Å². The molecular weight excluding hydrogens is 363 g/mol. The molecule has 0 aliphatic rings. The van der Waals surface area contributed by atoms with Crippen LogP contribution in [-0.4, -0.2) is 23.6 Å². The first-order valence-corrected chi connectivity index (χ1v) is 8.07. The molecule has 2 rings (SSSR count). The SMILES string of the molecule is CC(Cc1cccc(C(F)(F)F)c1)C(=O)Nc1cccc(OCC(=O)O)c1. The van der Waals surface area contributed by atoms with Gasteiger partial charge in [0.1, 0.15) is 5.75 Å². The number of alkyl halides is 3. The van der Waals surface area contributed by atoms with E-state index in [-0.39, 0.29) is 18.1 Å². The minimum absolute atomic E-state index is 0.144. The van der Waals surface area contributed by atoms with Gasteiger partial charge in [-0.3, -0.25) is 4.79 Å². The molecule has 0 radical (unpaired) electrons. The highest BCUT2D eigenvalue weighted by atomic mass is 19.4. The van der Waals surface area contributed by atoms with Crippen molar-refractivity contribution in [3.63, 3.8) is 0 Å². The molecule has 1 amide bonds. The van der Waals surface area contributed by atoms with E-state index in [0.29, 0.717) is 11.3 Å². The van der Waals surface area contributed by atoms with E-state index in [1.807, 2.05) is 0 Å². The molecule has 0 saturated carbocycles. The lowest BCUT2D eigenvalue weighted by molar-refractivity contribution is -0.139. The topological polar surface area (TPSA) is 75.6 Å². The Kier molecular flexibility index (Phi) is 6.44. The Bertz CT molecular complexity index is 821. The molecule has 8 heteroatoms. The van der Waals surface area contributed by atoms with Crippen LogP contribution in [0.5, 0.6) is 5.75 Å². The number of ether oxygens (including phenoxy) is 1. The number of anilines is 1. The van der Waals surface area contributed by atoms with Crippen molar-refractivity contribution >= 4 is 17.6 Å². The van der Waals surface area contributed by atoms with Crippen molar-refractivity contribution in [2.45, 2.75) is 19.5 Å². The summed E-state index contributed by atoms with van der Waals surface area (Å²) in [7, 11) is 0. The molecular formula is C19H18F3NO4. The minimum atomic E-state index is -4.43. The Labute approximate surface area is 153 Å². The predicted molar refractivity (Wildman–Crippen MR) is 92.5 cm³/mol. The van der Waals surface area contributed by atoms with Gasteiger partial charge >= 0.3 is 12.1 Å². The van der Waals surface area contributed by atoms with Gasteiger partial charge in [0.25, 0.3) is 0 Å². The molecule has 0 aliphatic carbocycles. The quantitative estimate of drug-likeness (QED) is 0.761. The van der Waals surface area contributed by atoms with E-state index in [1.54, 1.807) is 31.2 Å². The van der Waals surface area contributed by atoms with Gasteiger partial charge in [0.2, 0.25) is 5.91 Å². The van der Waals surface area contributed by atoms with E-state index in [0.717, 1.165) is 12.1 Å². The summed E-state index contributed by atoms with van der Waals surface area (Å²) in [6.45, 7) is 1.10. The van der Waals surface area contributed by atoms with Crippen molar-refractivity contribution in [1.29, 1.82) is 0 Å². The van der Waals surface area contributed by atoms with Gasteiger partial charge in [-0.05, 0) is 30.2 Å². The predicted octanol–water partition coefficient (Wildman–Crippen LogP) is 3.99. The fourth-order valence-electron chi connectivity index (χ4n) is 2.40. The molecule has 2 aromatic carbocycles. The number of rotatable bonds is 7. The molecule has 5 nitrogen and oxygen atoms in total. The average Bonchev–Trinajstić information content (AvgIpc) is 2.59. The molecule has 1 atom stereocenters. The van der Waals surface area contributed by atoms with Gasteiger partial charge in [-0.1, -0.05) is 31.2 Å². The van der Waals surface area contributed by atoms with Crippen LogP contribution in [0.2, 0.25) is 0 Å². The van der Waals surface area contributed by atoms with E-state index < -0.39 is 30.2 Å². The lowest BCUT2D eigenvalue weighted by Gasteiger charge is -2.14. The van der Waals surface area contributed by atoms with E-state index in [9.17, 15) is 22.8 Å². The second-order valence-electron chi connectivity index (χ2n) is 6.00. The molecule has 0 saturated heterocycles. The molecule has 2 N–H and O–H groups in total. The highest BCUT2D eigenvalue weighted by Gasteiger charge is 2.30. The summed E-state index contributed by atoms with van der Waals surface area (Å²) in [6, 6.07) is 11.1. The summed E-state index contributed by atoms with van der Waals surface area (Å²) in [6.07, 6.45) is -4.29. The first-order valence-electron chi connectivity index (χ1n) is 8.07. The number of hydrogen-bond donors (Lipinski definition) is 2. The van der Waals surface area contributed by atoms with Crippen molar-refractivity contribution in [2.75, 3.05) is 11.9 Å². The first kappa shape index (κ1) is 20.3. The highest BCUT2D eigenvalue weighted by Crippen LogP contribution is 2.30. The third-order valence-electron chi connectivity index (χ3n) is 3.71. The van der Waals surface area contributed by atoms with Crippen molar-refractivity contribution in [3.8, 4) is 5.75 Å². The Morgan fingerprint density at radius 2 is 1.85 bits per heavy atom. The maximum absolute atomic E-state index is 12.8. The van der Waals surface area contributed by atoms with E-state index in [1.165, 1.54) is 12.1 Å². The Morgan fingerprint density at radius 3 is 2.52 bits per heavy atom. The number of carbonyl (C=O) groups excluding carboxylic acids is 1. The van der Waals surface area contributed by atoms with Crippen molar-refractivity contribution in [2.24, 2.45) is 5.92 Å². The van der Waals surface area contributed by atoms with Crippen molar-refractivity contribution < 1.29 is 32.6 Å². The van der Waals surface area contributed by atoms with Gasteiger partial charge < -0.3 is 15.2 Å². The lowest BCUT2D eigenvalue weighted by Crippen LogP contribution is -2.22. The fraction of sp³-hybridized carbons (Fsp3) is 0.263. The van der Waals surface area contributed by atoms with Gasteiger partial charge in [0, 0.05) is 17.7 Å². The number of nitrogens with one attached hydrogen (secondary N) is 1. The van der Waals surface area contributed by atoms with Crippen LogP contribution in [0.3, 0.4) is 0 Å². The van der Waals surface area contributed by atoms with Gasteiger partial charge in [0.15, 0.2) is 6.61 Å². The van der Waals surface area contributed by atoms with Crippen LogP contribution in [0.4, 0.5) is 18.9 Å². The average molecular weight is 381 g/mol. The number of amides is 1. The minimum Gasteiger partial charge on any atom is -0.482 e. The van der Waals surface area contributed by atoms with Gasteiger partial charge in [-0.15, -0.1) is 0 Å². The number of carbonyl (C=O) groups is 2. The number of hydrogen-bond acceptors (Lipinski definition) is 3. The van der Waals surface area contributed by atoms with Crippen molar-refractivity contribution in [1.82, 2.24) is 0 Å². The maximum Gasteiger partial charge on any atom is 0.416 e. The molecule has 0 fully saturated rings. The lowest BCUT2D eigenvalue weighted by atomic mass is 9.98. The molecule has 0 aliphatic heterocycles. The van der Waals surface area contributed by atoms with Crippen LogP contribution in [0.15, 0.2) is 48.5 Å². The van der Waals surface area contributed by atoms with Crippen LogP contribution >= 0.6 is 0 Å². The largest absolute Gasteiger partial charge is 0.482 e. The Morgan fingerprint density at radius 1 is 1.15 bits per heavy atom. The number of halogens is 3. The number of aliphatic carboxylic acids is 1. The molecule has 144 valence electrons. The standard InChI is InChI=1S/C19H18F3NO4/c1-12(8-13-4-2-5-14(9-13)19(20,21)22)18(26)23-15-6-3-7-16(10-15)27-11-17(24)25/h2-7,9-10,12H,8,11H2,1H3,(H,23,26)(H,24,25). The Balaban J connectivity index is 2.00. The number of carboxylic acids is 1. The van der Waals surface area contributed by atoms with Crippen LogP contribution in [0.25, 0.3) is 0 Å². The zero-order valence-corrected chi connectivity index (χ0v) is 14.4. The van der Waals surface area contributed by atoms with Gasteiger partial charge in [0.05, 0.1) is 5.56 Å². The zero-order valence-electron chi connectivity index (χ0n) is 14.4. The molecule has 0 spiro atoms. The highest BCUT2D eigenvalue weighted by molar-refractivity contribution is 5.92. The second kappa shape index (κ2) is 8.57. The van der Waals surface area contributed by atoms with Crippen molar-refractivity contribution in [3.05, 3.63) is 59.7 Å². The Hall–Kier alpha value is -3.03. The third-order valence-corrected chi connectivity index (χ3v) is 3.71. The van der Waals surface area contributed by atoms with Gasteiger partial charge in [-0.25, -0.2) is 4.79 Å².